The quantitative estimate of drug-likeness (QED) is 0.134. The van der Waals surface area contributed by atoms with E-state index in [0.29, 0.717) is 13.0 Å². The Balaban J connectivity index is 1.33. The van der Waals surface area contributed by atoms with Gasteiger partial charge in [0.15, 0.2) is 0 Å². The first-order valence-electron chi connectivity index (χ1n) is 17.1. The molecule has 5 aromatic carbocycles. The number of rotatable bonds is 14. The summed E-state index contributed by atoms with van der Waals surface area (Å²) in [5.74, 6) is 1.70. The van der Waals surface area contributed by atoms with E-state index in [2.05, 4.69) is 125 Å². The summed E-state index contributed by atoms with van der Waals surface area (Å²) in [6, 6.07) is 49.5. The van der Waals surface area contributed by atoms with Crippen LogP contribution in [0.25, 0.3) is 0 Å². The van der Waals surface area contributed by atoms with Gasteiger partial charge >= 0.3 is 0 Å². The van der Waals surface area contributed by atoms with Crippen LogP contribution in [0, 0.1) is 0 Å². The summed E-state index contributed by atoms with van der Waals surface area (Å²) in [7, 11) is 0. The number of hydrogen-bond acceptors (Lipinski definition) is 4. The number of carbonyl (C=O) groups is 1. The van der Waals surface area contributed by atoms with Crippen molar-refractivity contribution in [2.75, 3.05) is 6.54 Å². The molecule has 0 saturated carbocycles. The number of nitrogens with one attached hydrogen (secondary N) is 1. The van der Waals surface area contributed by atoms with Crippen molar-refractivity contribution in [3.05, 3.63) is 173 Å². The smallest absolute Gasteiger partial charge is 0.245 e. The molecule has 0 saturated heterocycles. The number of nitrogens with zero attached hydrogens (tertiary/aromatic N) is 2. The van der Waals surface area contributed by atoms with Crippen LogP contribution in [0.4, 0.5) is 0 Å². The highest BCUT2D eigenvalue weighted by Crippen LogP contribution is 2.35. The van der Waals surface area contributed by atoms with Crippen LogP contribution < -0.4 is 10.1 Å². The number of carbonyl (C=O) groups excluding carboxylic acids is 1. The summed E-state index contributed by atoms with van der Waals surface area (Å²) in [6.07, 6.45) is 2.48. The van der Waals surface area contributed by atoms with Gasteiger partial charge in [-0.15, -0.1) is 0 Å². The van der Waals surface area contributed by atoms with Crippen LogP contribution in [0.2, 0.25) is 0 Å². The summed E-state index contributed by atoms with van der Waals surface area (Å²) in [5.41, 5.74) is 5.89. The lowest BCUT2D eigenvalue weighted by molar-refractivity contribution is -0.125. The summed E-state index contributed by atoms with van der Waals surface area (Å²) in [6.45, 7) is 5.29. The van der Waals surface area contributed by atoms with Crippen molar-refractivity contribution in [3.63, 3.8) is 0 Å². The molecule has 0 radical (unpaired) electrons. The zero-order chi connectivity index (χ0) is 33.1. The number of aliphatic imine (C=N–C) groups is 1. The van der Waals surface area contributed by atoms with Gasteiger partial charge in [0.25, 0.3) is 0 Å². The van der Waals surface area contributed by atoms with Crippen LogP contribution >= 0.6 is 0 Å². The lowest BCUT2D eigenvalue weighted by Crippen LogP contribution is -2.53. The Morgan fingerprint density at radius 3 is 1.81 bits per heavy atom. The average Bonchev–Trinajstić information content (AvgIpc) is 3.46. The molecule has 244 valence electrons. The zero-order valence-electron chi connectivity index (χ0n) is 27.9. The molecule has 5 aromatic rings. The third kappa shape index (κ3) is 8.40. The number of hydrogen-bond donors (Lipinski definition) is 1. The van der Waals surface area contributed by atoms with Gasteiger partial charge in [0.2, 0.25) is 5.91 Å². The van der Waals surface area contributed by atoms with Gasteiger partial charge in [0.1, 0.15) is 24.2 Å². The van der Waals surface area contributed by atoms with Gasteiger partial charge in [-0.05, 0) is 73.1 Å². The standard InChI is InChI=1S/C43H45N3O2/c1-32(2)44-43(47)41-39(30-34-25-27-38(28-26-34)48-31-35-18-9-4-10-19-35)45-42(46(41)29-15-20-33-16-7-3-8-17-33)40(36-21-11-5-12-22-36)37-23-13-6-14-24-37/h3-14,16-19,21-28,32,39-41H,15,20,29-31H2,1-2H3,(H,44,47). The molecule has 2 unspecified atom stereocenters. The van der Waals surface area contributed by atoms with E-state index in [9.17, 15) is 4.79 Å². The number of amidine groups is 1. The fourth-order valence-corrected chi connectivity index (χ4v) is 6.59. The summed E-state index contributed by atoms with van der Waals surface area (Å²) >= 11 is 0. The predicted molar refractivity (Wildman–Crippen MR) is 195 cm³/mol. The molecule has 0 bridgehead atoms. The molecular formula is C43H45N3O2. The van der Waals surface area contributed by atoms with Gasteiger partial charge in [0, 0.05) is 12.6 Å². The maximum absolute atomic E-state index is 14.2. The number of aryl methyl sites for hydroxylation is 1. The van der Waals surface area contributed by atoms with E-state index < -0.39 is 6.04 Å². The Hall–Kier alpha value is -5.16. The van der Waals surface area contributed by atoms with Crippen LogP contribution in [0.15, 0.2) is 151 Å². The molecule has 48 heavy (non-hydrogen) atoms. The van der Waals surface area contributed by atoms with Gasteiger partial charge in [0.05, 0.1) is 12.0 Å². The van der Waals surface area contributed by atoms with Gasteiger partial charge in [-0.1, -0.05) is 133 Å². The second-order valence-corrected chi connectivity index (χ2v) is 12.8. The zero-order valence-corrected chi connectivity index (χ0v) is 27.9. The third-order valence-corrected chi connectivity index (χ3v) is 8.84. The molecular weight excluding hydrogens is 590 g/mol. The minimum absolute atomic E-state index is 0.0217. The molecule has 5 nitrogen and oxygen atoms in total. The molecule has 0 aromatic heterocycles. The number of ether oxygens (including phenoxy) is 1. The van der Waals surface area contributed by atoms with Crippen molar-refractivity contribution in [1.82, 2.24) is 10.2 Å². The molecule has 0 fully saturated rings. The predicted octanol–water partition coefficient (Wildman–Crippen LogP) is 8.25. The van der Waals surface area contributed by atoms with Crippen LogP contribution in [0.5, 0.6) is 5.75 Å². The Bertz CT molecular complexity index is 1700. The molecule has 1 heterocycles. The van der Waals surface area contributed by atoms with E-state index >= 15 is 0 Å². The van der Waals surface area contributed by atoms with E-state index in [-0.39, 0.29) is 23.9 Å². The van der Waals surface area contributed by atoms with E-state index in [1.807, 2.05) is 44.2 Å². The lowest BCUT2D eigenvalue weighted by atomic mass is 9.89. The fourth-order valence-electron chi connectivity index (χ4n) is 6.59. The number of benzene rings is 5. The van der Waals surface area contributed by atoms with Crippen LogP contribution in [-0.2, 0) is 24.2 Å². The summed E-state index contributed by atoms with van der Waals surface area (Å²) < 4.78 is 6.06. The lowest BCUT2D eigenvalue weighted by Gasteiger charge is -2.33. The molecule has 5 heteroatoms. The van der Waals surface area contributed by atoms with Crippen molar-refractivity contribution in [3.8, 4) is 5.75 Å². The molecule has 1 N–H and O–H groups in total. The minimum Gasteiger partial charge on any atom is -0.489 e. The Morgan fingerprint density at radius 1 is 0.708 bits per heavy atom. The van der Waals surface area contributed by atoms with Crippen LogP contribution in [-0.4, -0.2) is 41.3 Å². The highest BCUT2D eigenvalue weighted by atomic mass is 16.5. The highest BCUT2D eigenvalue weighted by molar-refractivity contribution is 5.99. The molecule has 6 rings (SSSR count). The van der Waals surface area contributed by atoms with E-state index in [1.54, 1.807) is 0 Å². The first-order valence-corrected chi connectivity index (χ1v) is 17.1. The van der Waals surface area contributed by atoms with Gasteiger partial charge in [-0.3, -0.25) is 9.79 Å². The molecule has 1 amide bonds. The van der Waals surface area contributed by atoms with Crippen molar-refractivity contribution in [2.24, 2.45) is 4.99 Å². The first-order chi connectivity index (χ1) is 23.5. The largest absolute Gasteiger partial charge is 0.489 e. The van der Waals surface area contributed by atoms with Gasteiger partial charge in [-0.25, -0.2) is 0 Å². The second-order valence-electron chi connectivity index (χ2n) is 12.8. The van der Waals surface area contributed by atoms with E-state index in [4.69, 9.17) is 9.73 Å². The van der Waals surface area contributed by atoms with E-state index in [1.165, 1.54) is 16.7 Å². The van der Waals surface area contributed by atoms with Crippen LogP contribution in [0.1, 0.15) is 54.0 Å². The molecule has 2 atom stereocenters. The topological polar surface area (TPSA) is 53.9 Å². The fraction of sp³-hybridized carbons (Fsp3) is 0.256. The summed E-state index contributed by atoms with van der Waals surface area (Å²) in [4.78, 5) is 22.0. The Labute approximate surface area is 285 Å². The third-order valence-electron chi connectivity index (χ3n) is 8.84. The average molecular weight is 636 g/mol. The first kappa shape index (κ1) is 32.8. The van der Waals surface area contributed by atoms with Crippen molar-refractivity contribution >= 4 is 11.7 Å². The maximum Gasteiger partial charge on any atom is 0.245 e. The summed E-state index contributed by atoms with van der Waals surface area (Å²) in [5, 5.41) is 3.25. The molecule has 1 aliphatic heterocycles. The number of amides is 1. The van der Waals surface area contributed by atoms with Crippen LogP contribution in [0.3, 0.4) is 0 Å². The van der Waals surface area contributed by atoms with Crippen molar-refractivity contribution < 1.29 is 9.53 Å². The highest BCUT2D eigenvalue weighted by Gasteiger charge is 2.43. The minimum atomic E-state index is -0.429. The van der Waals surface area contributed by atoms with Gasteiger partial charge in [-0.2, -0.15) is 0 Å². The normalized spacial score (nSPS) is 15.8. The van der Waals surface area contributed by atoms with Crippen molar-refractivity contribution in [1.29, 1.82) is 0 Å². The SMILES string of the molecule is CC(C)NC(=O)C1C(Cc2ccc(OCc3ccccc3)cc2)N=C(C(c2ccccc2)c2ccccc2)N1CCCc1ccccc1. The van der Waals surface area contributed by atoms with Gasteiger partial charge < -0.3 is 15.0 Å². The second kappa shape index (κ2) is 16.1. The monoisotopic (exact) mass is 635 g/mol. The van der Waals surface area contributed by atoms with Crippen molar-refractivity contribution in [2.45, 2.75) is 63.8 Å². The Morgan fingerprint density at radius 2 is 1.25 bits per heavy atom. The molecule has 1 aliphatic rings. The van der Waals surface area contributed by atoms with E-state index in [0.717, 1.165) is 42.1 Å². The maximum atomic E-state index is 14.2. The molecule has 0 aliphatic carbocycles. The Kier molecular flexibility index (Phi) is 11.0. The molecule has 0 spiro atoms.